The van der Waals surface area contributed by atoms with Crippen molar-refractivity contribution >= 4 is 23.6 Å². The van der Waals surface area contributed by atoms with E-state index in [-0.39, 0.29) is 83.1 Å². The average Bonchev–Trinajstić information content (AvgIpc) is 3.19. The minimum Gasteiger partial charge on any atom is -0.279 e. The number of nitrogens with zero attached hydrogens (tertiary/aromatic N) is 2. The van der Waals surface area contributed by atoms with E-state index in [4.69, 9.17) is 0 Å². The van der Waals surface area contributed by atoms with Crippen molar-refractivity contribution in [1.29, 1.82) is 0 Å². The number of allylic oxidation sites excluding steroid dienone is 2. The van der Waals surface area contributed by atoms with Crippen LogP contribution in [0.15, 0.2) is 12.2 Å². The first-order chi connectivity index (χ1) is 15.6. The summed E-state index contributed by atoms with van der Waals surface area (Å²) in [5, 5.41) is 0. The standard InChI is InChI=1S/C26H32N2O4/c29-23-19-15-11-12-16(20(19)24(30)27(23)13-7-3-1-4-8-13)18-17(15)21-22(18)26(32)28(25(21)31)14-9-5-2-6-10-14/h11-22H,1-10H2/t15-,16+,17-,18-,19+,20+,21-,22-/m1/s1. The molecule has 2 aliphatic heterocycles. The third-order valence-corrected chi connectivity index (χ3v) is 10.3. The quantitative estimate of drug-likeness (QED) is 0.493. The van der Waals surface area contributed by atoms with Gasteiger partial charge in [0.2, 0.25) is 23.6 Å². The van der Waals surface area contributed by atoms with E-state index in [9.17, 15) is 19.2 Å². The lowest BCUT2D eigenvalue weighted by atomic mass is 9.40. The summed E-state index contributed by atoms with van der Waals surface area (Å²) < 4.78 is 0. The Balaban J connectivity index is 1.20. The van der Waals surface area contributed by atoms with Crippen molar-refractivity contribution in [1.82, 2.24) is 9.80 Å². The molecule has 8 aliphatic rings. The Hall–Kier alpha value is -1.98. The van der Waals surface area contributed by atoms with Crippen LogP contribution in [-0.4, -0.2) is 45.5 Å². The van der Waals surface area contributed by atoms with Crippen LogP contribution >= 0.6 is 0 Å². The molecule has 2 saturated heterocycles. The molecule has 0 N–H and O–H groups in total. The van der Waals surface area contributed by atoms with E-state index >= 15 is 0 Å². The molecule has 6 aliphatic carbocycles. The van der Waals surface area contributed by atoms with Crippen LogP contribution in [0.1, 0.15) is 64.2 Å². The number of rotatable bonds is 2. The normalized spacial score (nSPS) is 45.9. The second-order valence-electron chi connectivity index (χ2n) is 11.5. The monoisotopic (exact) mass is 436 g/mol. The molecule has 0 aromatic rings. The molecule has 8 atom stereocenters. The second kappa shape index (κ2) is 6.77. The minimum absolute atomic E-state index is 0.00839. The van der Waals surface area contributed by atoms with Gasteiger partial charge in [-0.15, -0.1) is 0 Å². The third kappa shape index (κ3) is 2.27. The topological polar surface area (TPSA) is 74.8 Å². The molecule has 6 heteroatoms. The first kappa shape index (κ1) is 19.5. The van der Waals surface area contributed by atoms with Gasteiger partial charge in [-0.2, -0.15) is 0 Å². The predicted molar refractivity (Wildman–Crippen MR) is 115 cm³/mol. The van der Waals surface area contributed by atoms with Gasteiger partial charge in [0, 0.05) is 12.1 Å². The molecule has 0 aromatic carbocycles. The van der Waals surface area contributed by atoms with E-state index in [2.05, 4.69) is 12.2 Å². The minimum atomic E-state index is -0.312. The maximum Gasteiger partial charge on any atom is 0.233 e. The van der Waals surface area contributed by atoms with E-state index in [0.29, 0.717) is 0 Å². The lowest BCUT2D eigenvalue weighted by molar-refractivity contribution is -0.166. The Morgan fingerprint density at radius 2 is 0.844 bits per heavy atom. The van der Waals surface area contributed by atoms with Gasteiger partial charge < -0.3 is 0 Å². The lowest BCUT2D eigenvalue weighted by Crippen LogP contribution is -2.63. The van der Waals surface area contributed by atoms with Crippen LogP contribution in [0.5, 0.6) is 0 Å². The molecule has 170 valence electrons. The van der Waals surface area contributed by atoms with Crippen molar-refractivity contribution < 1.29 is 19.2 Å². The highest BCUT2D eigenvalue weighted by molar-refractivity contribution is 6.09. The average molecular weight is 437 g/mol. The first-order valence-corrected chi connectivity index (χ1v) is 13.0. The molecule has 4 amide bonds. The van der Waals surface area contributed by atoms with Crippen molar-refractivity contribution in [2.45, 2.75) is 76.3 Å². The Labute approximate surface area is 188 Å². The number of amides is 4. The maximum absolute atomic E-state index is 13.6. The highest BCUT2D eigenvalue weighted by Crippen LogP contribution is 2.68. The summed E-state index contributed by atoms with van der Waals surface area (Å²) >= 11 is 0. The molecule has 2 heterocycles. The van der Waals surface area contributed by atoms with Gasteiger partial charge >= 0.3 is 0 Å². The summed E-state index contributed by atoms with van der Waals surface area (Å²) in [5.74, 6) is -1.11. The van der Waals surface area contributed by atoms with Crippen molar-refractivity contribution in [2.75, 3.05) is 0 Å². The lowest BCUT2D eigenvalue weighted by Gasteiger charge is -2.60. The third-order valence-electron chi connectivity index (χ3n) is 10.3. The number of hydrogen-bond acceptors (Lipinski definition) is 4. The molecule has 6 fully saturated rings. The van der Waals surface area contributed by atoms with Gasteiger partial charge in [-0.3, -0.25) is 29.0 Å². The Kier molecular flexibility index (Phi) is 4.12. The summed E-state index contributed by atoms with van der Waals surface area (Å²) in [4.78, 5) is 57.4. The van der Waals surface area contributed by atoms with Gasteiger partial charge in [0.15, 0.2) is 0 Å². The van der Waals surface area contributed by atoms with Crippen LogP contribution in [0.25, 0.3) is 0 Å². The van der Waals surface area contributed by atoms with E-state index < -0.39 is 0 Å². The summed E-state index contributed by atoms with van der Waals surface area (Å²) in [6.07, 6.45) is 14.6. The first-order valence-electron chi connectivity index (χ1n) is 13.0. The van der Waals surface area contributed by atoms with Crippen LogP contribution < -0.4 is 0 Å². The highest BCUT2D eigenvalue weighted by atomic mass is 16.2. The van der Waals surface area contributed by atoms with Crippen LogP contribution in [0.4, 0.5) is 0 Å². The molecular weight excluding hydrogens is 404 g/mol. The predicted octanol–water partition coefficient (Wildman–Crippen LogP) is 2.92. The smallest absolute Gasteiger partial charge is 0.233 e. The summed E-state index contributed by atoms with van der Waals surface area (Å²) in [7, 11) is 0. The van der Waals surface area contributed by atoms with Gasteiger partial charge in [-0.05, 0) is 49.4 Å². The van der Waals surface area contributed by atoms with Gasteiger partial charge in [0.05, 0.1) is 23.7 Å². The Morgan fingerprint density at radius 3 is 1.22 bits per heavy atom. The fourth-order valence-electron chi connectivity index (χ4n) is 9.05. The molecule has 6 nitrogen and oxygen atoms in total. The molecule has 0 aromatic heterocycles. The number of carbonyl (C=O) groups is 4. The number of likely N-dealkylation sites (tertiary alicyclic amines) is 2. The summed E-state index contributed by atoms with van der Waals surface area (Å²) in [5.41, 5.74) is 0. The Morgan fingerprint density at radius 1 is 0.500 bits per heavy atom. The maximum atomic E-state index is 13.6. The van der Waals surface area contributed by atoms with Crippen LogP contribution in [0.2, 0.25) is 0 Å². The van der Waals surface area contributed by atoms with Crippen LogP contribution in [0.3, 0.4) is 0 Å². The van der Waals surface area contributed by atoms with E-state index in [1.54, 1.807) is 9.80 Å². The molecule has 2 bridgehead atoms. The number of carbonyl (C=O) groups excluding carboxylic acids is 4. The van der Waals surface area contributed by atoms with Gasteiger partial charge in [-0.25, -0.2) is 0 Å². The number of hydrogen-bond donors (Lipinski definition) is 0. The second-order valence-corrected chi connectivity index (χ2v) is 11.5. The van der Waals surface area contributed by atoms with Gasteiger partial charge in [0.1, 0.15) is 0 Å². The molecule has 0 unspecified atom stereocenters. The van der Waals surface area contributed by atoms with Crippen molar-refractivity contribution in [3.63, 3.8) is 0 Å². The van der Waals surface area contributed by atoms with Gasteiger partial charge in [-0.1, -0.05) is 50.7 Å². The zero-order valence-electron chi connectivity index (χ0n) is 18.5. The van der Waals surface area contributed by atoms with Crippen molar-refractivity contribution in [2.24, 2.45) is 47.3 Å². The van der Waals surface area contributed by atoms with E-state index in [1.807, 2.05) is 0 Å². The highest BCUT2D eigenvalue weighted by Gasteiger charge is 2.75. The molecular formula is C26H32N2O4. The van der Waals surface area contributed by atoms with Crippen LogP contribution in [0, 0.1) is 47.3 Å². The number of fused-ring (bicyclic) bond motifs is 1. The van der Waals surface area contributed by atoms with E-state index in [1.165, 1.54) is 12.8 Å². The molecule has 32 heavy (non-hydrogen) atoms. The molecule has 8 rings (SSSR count). The fraction of sp³-hybridized carbons (Fsp3) is 0.769. The van der Waals surface area contributed by atoms with Crippen molar-refractivity contribution in [3.05, 3.63) is 12.2 Å². The van der Waals surface area contributed by atoms with Gasteiger partial charge in [0.25, 0.3) is 0 Å². The SMILES string of the molecule is O=C1[C@H]2[C@H]3C=C[C@@H]([C@@H]2C(=O)N1C1CCCCC1)[C@H]1[C@H]2C(=O)N(C4CCCCC4)C(=O)[C@@H]2[C@H]31. The summed E-state index contributed by atoms with van der Waals surface area (Å²) in [6, 6.07) is 0.113. The van der Waals surface area contributed by atoms with Crippen molar-refractivity contribution in [3.8, 4) is 0 Å². The van der Waals surface area contributed by atoms with Crippen LogP contribution in [-0.2, 0) is 19.2 Å². The summed E-state index contributed by atoms with van der Waals surface area (Å²) in [6.45, 7) is 0. The zero-order valence-corrected chi connectivity index (χ0v) is 18.5. The number of imide groups is 2. The zero-order chi connectivity index (χ0) is 21.7. The molecule has 0 radical (unpaired) electrons. The molecule has 4 saturated carbocycles. The fourth-order valence-corrected chi connectivity index (χ4v) is 9.05. The van der Waals surface area contributed by atoms with E-state index in [0.717, 1.165) is 51.4 Å². The largest absolute Gasteiger partial charge is 0.279 e. The Bertz CT molecular complexity index is 874. The molecule has 0 spiro atoms.